The quantitative estimate of drug-likeness (QED) is 0.0747. The van der Waals surface area contributed by atoms with Crippen LogP contribution in [0.3, 0.4) is 0 Å². The molecule has 3 unspecified atom stereocenters. The molecule has 0 bridgehead atoms. The van der Waals surface area contributed by atoms with E-state index in [1.54, 1.807) is 62.9 Å². The van der Waals surface area contributed by atoms with Gasteiger partial charge in [-0.25, -0.2) is 24.0 Å². The lowest BCUT2D eigenvalue weighted by Crippen LogP contribution is -2.36. The summed E-state index contributed by atoms with van der Waals surface area (Å²) in [5.74, 6) is 3.88. The lowest BCUT2D eigenvalue weighted by atomic mass is 9.94. The number of hydrogen-bond donors (Lipinski definition) is 4. The van der Waals surface area contributed by atoms with E-state index < -0.39 is 11.2 Å². The van der Waals surface area contributed by atoms with Crippen molar-refractivity contribution in [3.05, 3.63) is 264 Å². The summed E-state index contributed by atoms with van der Waals surface area (Å²) in [6, 6.07) is 38.9. The Morgan fingerprint density at radius 1 is 0.495 bits per heavy atom. The van der Waals surface area contributed by atoms with E-state index in [4.69, 9.17) is 93.8 Å². The van der Waals surface area contributed by atoms with Crippen LogP contribution in [0.2, 0.25) is 30.1 Å². The number of benzene rings is 3. The van der Waals surface area contributed by atoms with Gasteiger partial charge in [0.25, 0.3) is 5.91 Å². The molecule has 0 fully saturated rings. The first-order valence-electron chi connectivity index (χ1n) is 28.1. The molecule has 11 heterocycles. The van der Waals surface area contributed by atoms with Crippen molar-refractivity contribution in [2.24, 2.45) is 0 Å². The SMILES string of the molecule is COCC1=C(C(=O)NCc2ccccn2)C(c2ccc(Cl)c(Cl)c2)n2nccc2N1.COCC1=C(c2ncc3ccccn23)C(c2ccc(Cl)c(Cl)c2)n2nccc2N1.COCC1=C(c2ncc3ccccn23)C(c2ccc(Cl)c(Cl)c2)n2nccc2N1.O=P(Cl)(Cl)Cl. The maximum Gasteiger partial charge on any atom is 0.339 e. The number of pyridine rings is 3. The minimum atomic E-state index is -3.22. The number of carbonyl (C=O) groups excluding carboxylic acids is 1. The Hall–Kier alpha value is -7.37. The monoisotopic (exact) mass is 1450 g/mol. The van der Waals surface area contributed by atoms with Gasteiger partial charge in [-0.15, -0.1) is 0 Å². The fraction of sp³-hybridized carbons (Fsp3) is 0.159. The predicted molar refractivity (Wildman–Crippen MR) is 369 cm³/mol. The number of amides is 1. The molecule has 0 aliphatic carbocycles. The van der Waals surface area contributed by atoms with Crippen molar-refractivity contribution >= 4 is 154 Å². The number of ether oxygens (including phenoxy) is 3. The molecule has 0 saturated carbocycles. The van der Waals surface area contributed by atoms with Crippen LogP contribution in [-0.2, 0) is 30.1 Å². The zero-order valence-electron chi connectivity index (χ0n) is 49.1. The van der Waals surface area contributed by atoms with Crippen LogP contribution in [0.15, 0.2) is 200 Å². The van der Waals surface area contributed by atoms with E-state index in [1.807, 2.05) is 149 Å². The normalized spacial score (nSPS) is 15.7. The van der Waals surface area contributed by atoms with Gasteiger partial charge in [0, 0.05) is 69.3 Å². The van der Waals surface area contributed by atoms with E-state index in [1.165, 1.54) is 0 Å². The smallest absolute Gasteiger partial charge is 0.339 e. The number of halogens is 9. The first-order valence-corrected chi connectivity index (χ1v) is 34.8. The minimum Gasteiger partial charge on any atom is -0.378 e. The summed E-state index contributed by atoms with van der Waals surface area (Å²) in [7, 11) is 4.93. The summed E-state index contributed by atoms with van der Waals surface area (Å²) in [5.41, 5.74) is 10.4. The molecule has 20 nitrogen and oxygen atoms in total. The first-order chi connectivity index (χ1) is 44.9. The average Bonchev–Trinajstić information content (AvgIpc) is 1.72. The van der Waals surface area contributed by atoms with Crippen LogP contribution in [-0.4, -0.2) is 100 Å². The zero-order chi connectivity index (χ0) is 65.5. The second-order valence-corrected chi connectivity index (χ2v) is 29.7. The van der Waals surface area contributed by atoms with Gasteiger partial charge in [0.15, 0.2) is 0 Å². The summed E-state index contributed by atoms with van der Waals surface area (Å²) < 4.78 is 35.6. The molecule has 3 atom stereocenters. The van der Waals surface area contributed by atoms with Crippen molar-refractivity contribution in [3.63, 3.8) is 0 Å². The van der Waals surface area contributed by atoms with Crippen molar-refractivity contribution in [1.82, 2.24) is 58.4 Å². The molecular formula is C63H53Cl9N15O5P. The number of aromatic nitrogens is 11. The van der Waals surface area contributed by atoms with Gasteiger partial charge in [0.2, 0.25) is 0 Å². The molecule has 11 aromatic rings. The number of rotatable bonds is 14. The standard InChI is InChI=1S/C21H19Cl2N5O2.2C21H17Cl2N5O.Cl3OP/c1-30-12-17-19(21(29)25-11-14-4-2-3-8-24-14)20(28-18(27-17)7-9-26-28)13-5-6-15(22)16(23)10-13;2*1-29-12-17-19(21-24-11-14-4-2-3-9-27(14)21)20(28-18(26-17)7-8-25-28)13-5-6-15(22)16(23)10-13;1-5(2,3)4/h2-10,20,27H,11-12H2,1H3,(H,25,29);2*2-11,20,26H,12H2,1H3;. The number of imidazole rings is 2. The number of nitrogens with zero attached hydrogens (tertiary/aromatic N) is 11. The van der Waals surface area contributed by atoms with Gasteiger partial charge >= 0.3 is 5.20 Å². The molecule has 1 amide bonds. The van der Waals surface area contributed by atoms with E-state index in [-0.39, 0.29) is 24.6 Å². The Bertz CT molecular complexity index is 4480. The Kier molecular flexibility index (Phi) is 21.6. The molecule has 4 N–H and O–H groups in total. The average molecular weight is 1450 g/mol. The lowest BCUT2D eigenvalue weighted by molar-refractivity contribution is -0.118. The van der Waals surface area contributed by atoms with E-state index in [0.29, 0.717) is 61.2 Å². The van der Waals surface area contributed by atoms with Crippen molar-refractivity contribution in [1.29, 1.82) is 0 Å². The number of hydrogen-bond acceptors (Lipinski definition) is 14. The van der Waals surface area contributed by atoms with Gasteiger partial charge in [0.05, 0.1) is 127 Å². The molecule has 3 aliphatic rings. The van der Waals surface area contributed by atoms with Crippen molar-refractivity contribution in [3.8, 4) is 0 Å². The van der Waals surface area contributed by atoms with Crippen molar-refractivity contribution in [2.45, 2.75) is 24.7 Å². The van der Waals surface area contributed by atoms with Gasteiger partial charge in [-0.3, -0.25) is 23.1 Å². The van der Waals surface area contributed by atoms with Crippen LogP contribution in [0.5, 0.6) is 0 Å². The molecule has 8 aromatic heterocycles. The van der Waals surface area contributed by atoms with Gasteiger partial charge in [-0.1, -0.05) is 106 Å². The fourth-order valence-electron chi connectivity index (χ4n) is 11.0. The molecule has 14 rings (SSSR count). The third-order valence-electron chi connectivity index (χ3n) is 14.8. The number of carbonyl (C=O) groups is 1. The van der Waals surface area contributed by atoms with Crippen molar-refractivity contribution < 1.29 is 23.6 Å². The van der Waals surface area contributed by atoms with Crippen LogP contribution in [0.25, 0.3) is 22.2 Å². The molecule has 0 radical (unpaired) electrons. The zero-order valence-corrected chi connectivity index (χ0v) is 56.8. The predicted octanol–water partition coefficient (Wildman–Crippen LogP) is 16.4. The maximum atomic E-state index is 13.3. The van der Waals surface area contributed by atoms with E-state index in [0.717, 1.165) is 85.1 Å². The Labute approximate surface area is 577 Å². The number of nitrogens with one attached hydrogen (secondary N) is 4. The molecule has 3 aliphatic heterocycles. The molecule has 0 saturated heterocycles. The van der Waals surface area contributed by atoms with E-state index in [2.05, 4.69) is 84.1 Å². The molecule has 478 valence electrons. The Balaban J connectivity index is 0.000000137. The largest absolute Gasteiger partial charge is 0.378 e. The summed E-state index contributed by atoms with van der Waals surface area (Å²) in [6.45, 7) is 1.33. The molecule has 93 heavy (non-hydrogen) atoms. The maximum absolute atomic E-state index is 13.3. The highest BCUT2D eigenvalue weighted by molar-refractivity contribution is 8.24. The van der Waals surface area contributed by atoms with Gasteiger partial charge in [0.1, 0.15) is 47.2 Å². The summed E-state index contributed by atoms with van der Waals surface area (Å²) in [4.78, 5) is 27.1. The van der Waals surface area contributed by atoms with Crippen LogP contribution < -0.4 is 21.3 Å². The number of methoxy groups -OCH3 is 3. The minimum absolute atomic E-state index is 0.231. The molecular weight excluding hydrogens is 1400 g/mol. The van der Waals surface area contributed by atoms with Gasteiger partial charge in [-0.05, 0) is 123 Å². The Morgan fingerprint density at radius 3 is 1.30 bits per heavy atom. The van der Waals surface area contributed by atoms with Crippen molar-refractivity contribution in [2.75, 3.05) is 57.1 Å². The number of anilines is 3. The highest BCUT2D eigenvalue weighted by Crippen LogP contribution is 2.61. The second-order valence-electron chi connectivity index (χ2n) is 20.6. The van der Waals surface area contributed by atoms with Crippen LogP contribution in [0.4, 0.5) is 17.5 Å². The third kappa shape index (κ3) is 15.1. The first kappa shape index (κ1) is 67.1. The highest BCUT2D eigenvalue weighted by atomic mass is 36.0. The van der Waals surface area contributed by atoms with E-state index in [9.17, 15) is 9.36 Å². The Morgan fingerprint density at radius 2 is 0.892 bits per heavy atom. The third-order valence-corrected chi connectivity index (χ3v) is 17.0. The summed E-state index contributed by atoms with van der Waals surface area (Å²) >= 11 is 51.3. The van der Waals surface area contributed by atoms with Crippen LogP contribution in [0.1, 0.15) is 52.2 Å². The summed E-state index contributed by atoms with van der Waals surface area (Å²) in [6.07, 6.45) is 14.6. The van der Waals surface area contributed by atoms with Crippen LogP contribution in [0, 0.1) is 0 Å². The highest BCUT2D eigenvalue weighted by Gasteiger charge is 2.37. The van der Waals surface area contributed by atoms with E-state index >= 15 is 0 Å². The molecule has 3 aromatic carbocycles. The summed E-state index contributed by atoms with van der Waals surface area (Å²) in [5, 5.41) is 26.3. The topological polar surface area (TPSA) is 211 Å². The van der Waals surface area contributed by atoms with Crippen LogP contribution >= 0.6 is 109 Å². The van der Waals surface area contributed by atoms with Gasteiger partial charge in [-0.2, -0.15) is 15.3 Å². The van der Waals surface area contributed by atoms with Gasteiger partial charge < -0.3 is 35.5 Å². The lowest BCUT2D eigenvalue weighted by Gasteiger charge is -2.31. The molecule has 30 heteroatoms. The second kappa shape index (κ2) is 29.9. The fourth-order valence-corrected chi connectivity index (χ4v) is 11.9. The number of fused-ring (bicyclic) bond motifs is 5. The number of allylic oxidation sites excluding steroid dienone is 2. The molecule has 0 spiro atoms.